The van der Waals surface area contributed by atoms with E-state index in [4.69, 9.17) is 0 Å². The molecule has 96 valence electrons. The number of hydrogen-bond acceptors (Lipinski definition) is 2. The lowest BCUT2D eigenvalue weighted by Gasteiger charge is -2.20. The first-order valence-electron chi connectivity index (χ1n) is 6.62. The molecule has 0 fully saturated rings. The average molecular weight is 235 g/mol. The van der Waals surface area contributed by atoms with Gasteiger partial charge in [-0.3, -0.25) is 0 Å². The lowest BCUT2D eigenvalue weighted by molar-refractivity contribution is 0.126. The largest absolute Gasteiger partial charge is 0.387 e. The molecule has 0 bridgehead atoms. The summed E-state index contributed by atoms with van der Waals surface area (Å²) in [7, 11) is 2.07. The summed E-state index contributed by atoms with van der Waals surface area (Å²) in [5.41, 5.74) is 2.34. The molecule has 17 heavy (non-hydrogen) atoms. The fourth-order valence-corrected chi connectivity index (χ4v) is 1.90. The van der Waals surface area contributed by atoms with Gasteiger partial charge < -0.3 is 10.0 Å². The number of likely N-dealkylation sites (N-methyl/N-ethyl adjacent to an activating group) is 1. The summed E-state index contributed by atoms with van der Waals surface area (Å²) in [6, 6.07) is 8.28. The van der Waals surface area contributed by atoms with E-state index in [0.717, 1.165) is 18.5 Å². The van der Waals surface area contributed by atoms with Gasteiger partial charge >= 0.3 is 0 Å². The van der Waals surface area contributed by atoms with Crippen molar-refractivity contribution in [2.75, 3.05) is 20.1 Å². The quantitative estimate of drug-likeness (QED) is 0.785. The number of rotatable bonds is 7. The average Bonchev–Trinajstić information content (AvgIpc) is 2.36. The van der Waals surface area contributed by atoms with Gasteiger partial charge in [0.2, 0.25) is 0 Å². The van der Waals surface area contributed by atoms with Gasteiger partial charge in [-0.25, -0.2) is 0 Å². The zero-order valence-electron chi connectivity index (χ0n) is 11.3. The molecule has 1 unspecified atom stereocenters. The summed E-state index contributed by atoms with van der Waals surface area (Å²) < 4.78 is 0. The second-order valence-electron chi connectivity index (χ2n) is 4.73. The van der Waals surface area contributed by atoms with Gasteiger partial charge in [-0.2, -0.15) is 0 Å². The molecule has 1 aromatic rings. The van der Waals surface area contributed by atoms with Crippen LogP contribution in [-0.4, -0.2) is 30.1 Å². The number of benzene rings is 1. The van der Waals surface area contributed by atoms with E-state index in [2.05, 4.69) is 37.9 Å². The van der Waals surface area contributed by atoms with Crippen molar-refractivity contribution in [3.05, 3.63) is 35.4 Å². The monoisotopic (exact) mass is 235 g/mol. The summed E-state index contributed by atoms with van der Waals surface area (Å²) in [5.74, 6) is 0. The first-order valence-corrected chi connectivity index (χ1v) is 6.62. The molecule has 0 aliphatic rings. The minimum Gasteiger partial charge on any atom is -0.387 e. The van der Waals surface area contributed by atoms with Crippen molar-refractivity contribution >= 4 is 0 Å². The van der Waals surface area contributed by atoms with E-state index < -0.39 is 0 Å². The zero-order valence-corrected chi connectivity index (χ0v) is 11.3. The maximum Gasteiger partial charge on any atom is 0.0916 e. The molecule has 0 saturated heterocycles. The maximum atomic E-state index is 10.1. The molecule has 0 amide bonds. The Morgan fingerprint density at radius 3 is 2.35 bits per heavy atom. The first kappa shape index (κ1) is 14.2. The second-order valence-corrected chi connectivity index (χ2v) is 4.73. The Labute approximate surface area is 105 Å². The van der Waals surface area contributed by atoms with Crippen LogP contribution in [0.2, 0.25) is 0 Å². The summed E-state index contributed by atoms with van der Waals surface area (Å²) >= 11 is 0. The van der Waals surface area contributed by atoms with Gasteiger partial charge in [-0.05, 0) is 37.6 Å². The fourth-order valence-electron chi connectivity index (χ4n) is 1.90. The molecule has 1 N–H and O–H groups in total. The summed E-state index contributed by atoms with van der Waals surface area (Å²) in [6.07, 6.45) is 3.07. The van der Waals surface area contributed by atoms with Crippen LogP contribution in [0.15, 0.2) is 24.3 Å². The minimum atomic E-state index is -0.372. The van der Waals surface area contributed by atoms with Gasteiger partial charge in [-0.1, -0.05) is 44.5 Å². The summed E-state index contributed by atoms with van der Waals surface area (Å²) in [4.78, 5) is 2.20. The van der Waals surface area contributed by atoms with E-state index in [1.807, 2.05) is 12.1 Å². The van der Waals surface area contributed by atoms with Crippen LogP contribution in [0.25, 0.3) is 0 Å². The molecule has 0 saturated carbocycles. The molecule has 0 spiro atoms. The van der Waals surface area contributed by atoms with Crippen molar-refractivity contribution in [3.8, 4) is 0 Å². The number of aryl methyl sites for hydroxylation is 1. The van der Waals surface area contributed by atoms with Crippen molar-refractivity contribution in [1.82, 2.24) is 4.90 Å². The topological polar surface area (TPSA) is 23.5 Å². The standard InChI is InChI=1S/C15H25NO/c1-4-6-11-16(3)12-15(17)14-9-7-13(5-2)8-10-14/h7-10,15,17H,4-6,11-12H2,1-3H3. The smallest absolute Gasteiger partial charge is 0.0916 e. The Kier molecular flexibility index (Phi) is 6.23. The molecule has 0 radical (unpaired) electrons. The molecule has 0 aliphatic heterocycles. The highest BCUT2D eigenvalue weighted by atomic mass is 16.3. The molecule has 2 heteroatoms. The number of unbranched alkanes of at least 4 members (excludes halogenated alkanes) is 1. The Morgan fingerprint density at radius 1 is 1.18 bits per heavy atom. The first-order chi connectivity index (χ1) is 8.17. The third kappa shape index (κ3) is 4.88. The van der Waals surface area contributed by atoms with Crippen LogP contribution in [0.1, 0.15) is 43.9 Å². The highest BCUT2D eigenvalue weighted by Gasteiger charge is 2.10. The maximum absolute atomic E-state index is 10.1. The predicted molar refractivity (Wildman–Crippen MR) is 73.2 cm³/mol. The van der Waals surface area contributed by atoms with E-state index in [1.165, 1.54) is 18.4 Å². The van der Waals surface area contributed by atoms with Crippen molar-refractivity contribution in [3.63, 3.8) is 0 Å². The van der Waals surface area contributed by atoms with E-state index in [-0.39, 0.29) is 6.10 Å². The lowest BCUT2D eigenvalue weighted by atomic mass is 10.1. The van der Waals surface area contributed by atoms with Crippen molar-refractivity contribution in [2.24, 2.45) is 0 Å². The van der Waals surface area contributed by atoms with E-state index in [1.54, 1.807) is 0 Å². The Balaban J connectivity index is 2.47. The van der Waals surface area contributed by atoms with Crippen LogP contribution in [0.3, 0.4) is 0 Å². The van der Waals surface area contributed by atoms with E-state index >= 15 is 0 Å². The predicted octanol–water partition coefficient (Wildman–Crippen LogP) is 3.01. The van der Waals surface area contributed by atoms with E-state index in [0.29, 0.717) is 6.54 Å². The minimum absolute atomic E-state index is 0.372. The van der Waals surface area contributed by atoms with Gasteiger partial charge in [0.25, 0.3) is 0 Å². The summed E-state index contributed by atoms with van der Waals surface area (Å²) in [6.45, 7) is 6.10. The zero-order chi connectivity index (χ0) is 12.7. The molecule has 0 aliphatic carbocycles. The van der Waals surface area contributed by atoms with Crippen LogP contribution >= 0.6 is 0 Å². The van der Waals surface area contributed by atoms with Gasteiger partial charge in [0.05, 0.1) is 6.10 Å². The SMILES string of the molecule is CCCCN(C)CC(O)c1ccc(CC)cc1. The van der Waals surface area contributed by atoms with Crippen LogP contribution in [0.4, 0.5) is 0 Å². The van der Waals surface area contributed by atoms with Crippen LogP contribution in [0.5, 0.6) is 0 Å². The van der Waals surface area contributed by atoms with Gasteiger partial charge in [0.15, 0.2) is 0 Å². The van der Waals surface area contributed by atoms with Gasteiger partial charge in [-0.15, -0.1) is 0 Å². The molecular formula is C15H25NO. The number of hydrogen-bond donors (Lipinski definition) is 1. The lowest BCUT2D eigenvalue weighted by Crippen LogP contribution is -2.25. The molecule has 1 aromatic carbocycles. The molecule has 1 rings (SSSR count). The summed E-state index contributed by atoms with van der Waals surface area (Å²) in [5, 5.41) is 10.1. The molecule has 0 aromatic heterocycles. The van der Waals surface area contributed by atoms with Crippen molar-refractivity contribution < 1.29 is 5.11 Å². The fraction of sp³-hybridized carbons (Fsp3) is 0.600. The molecule has 1 atom stereocenters. The van der Waals surface area contributed by atoms with Crippen LogP contribution in [-0.2, 0) is 6.42 Å². The highest BCUT2D eigenvalue weighted by Crippen LogP contribution is 2.15. The Bertz CT molecular complexity index is 307. The Morgan fingerprint density at radius 2 is 1.82 bits per heavy atom. The Hall–Kier alpha value is -0.860. The van der Waals surface area contributed by atoms with Crippen LogP contribution in [0, 0.1) is 0 Å². The number of aliphatic hydroxyl groups is 1. The third-order valence-electron chi connectivity index (χ3n) is 3.15. The molecular weight excluding hydrogens is 210 g/mol. The van der Waals surface area contributed by atoms with Crippen molar-refractivity contribution in [2.45, 2.75) is 39.2 Å². The number of nitrogens with zero attached hydrogens (tertiary/aromatic N) is 1. The highest BCUT2D eigenvalue weighted by molar-refractivity contribution is 5.24. The normalized spacial score (nSPS) is 13.0. The van der Waals surface area contributed by atoms with Gasteiger partial charge in [0.1, 0.15) is 0 Å². The number of aliphatic hydroxyl groups excluding tert-OH is 1. The van der Waals surface area contributed by atoms with E-state index in [9.17, 15) is 5.11 Å². The second kappa shape index (κ2) is 7.46. The third-order valence-corrected chi connectivity index (χ3v) is 3.15. The van der Waals surface area contributed by atoms with Gasteiger partial charge in [0, 0.05) is 6.54 Å². The van der Waals surface area contributed by atoms with Crippen molar-refractivity contribution in [1.29, 1.82) is 0 Å². The molecule has 2 nitrogen and oxygen atoms in total. The molecule has 0 heterocycles. The van der Waals surface area contributed by atoms with Crippen LogP contribution < -0.4 is 0 Å².